The van der Waals surface area contributed by atoms with E-state index in [1.54, 1.807) is 19.1 Å². The summed E-state index contributed by atoms with van der Waals surface area (Å²) in [5.74, 6) is -1.91. The lowest BCUT2D eigenvalue weighted by molar-refractivity contribution is -0.187. The number of carbonyl (C=O) groups excluding carboxylic acids is 4. The maximum Gasteiger partial charge on any atom is 0.259 e. The van der Waals surface area contributed by atoms with Crippen molar-refractivity contribution in [2.45, 2.75) is 37.3 Å². The van der Waals surface area contributed by atoms with E-state index in [0.29, 0.717) is 50.4 Å². The van der Waals surface area contributed by atoms with E-state index in [9.17, 15) is 24.3 Å². The molecule has 1 saturated heterocycles. The van der Waals surface area contributed by atoms with Gasteiger partial charge >= 0.3 is 0 Å². The maximum atomic E-state index is 14.3. The molecule has 5 heterocycles. The summed E-state index contributed by atoms with van der Waals surface area (Å²) in [4.78, 5) is 53.2. The molecular formula is C37H29N5O6. The Balaban J connectivity index is 1.23. The van der Waals surface area contributed by atoms with Gasteiger partial charge in [0.2, 0.25) is 5.91 Å². The van der Waals surface area contributed by atoms with Crippen molar-refractivity contribution in [2.75, 3.05) is 11.9 Å². The highest BCUT2D eigenvalue weighted by Crippen LogP contribution is 2.57. The average Bonchev–Trinajstić information content (AvgIpc) is 3.76. The van der Waals surface area contributed by atoms with Gasteiger partial charge in [-0.3, -0.25) is 24.5 Å². The molecule has 0 aliphatic carbocycles. The van der Waals surface area contributed by atoms with Crippen molar-refractivity contribution in [3.05, 3.63) is 102 Å². The average molecular weight is 640 g/mol. The molecule has 0 saturated carbocycles. The number of anilines is 1. The SMILES string of the molecule is C=CC(=O)Nc1ccccc1CCNC(=O)[C@@]1(O)CC2O[C@]1(C)n1c3ccccc3c3c4c(c5c6ccccc6n2c5c31)C(=O)NC4=O. The third kappa shape index (κ3) is 3.43. The van der Waals surface area contributed by atoms with Crippen LogP contribution in [0.3, 0.4) is 0 Å². The Kier molecular flexibility index (Phi) is 5.71. The minimum atomic E-state index is -2.06. The number of ether oxygens (including phenoxy) is 1. The van der Waals surface area contributed by atoms with Gasteiger partial charge in [-0.05, 0) is 43.2 Å². The summed E-state index contributed by atoms with van der Waals surface area (Å²) in [7, 11) is 0. The normalized spacial score (nSPS) is 22.4. The first-order chi connectivity index (χ1) is 23.2. The molecule has 1 fully saturated rings. The molecule has 4 amide bonds. The van der Waals surface area contributed by atoms with E-state index in [1.807, 2.05) is 69.8 Å². The topological polar surface area (TPSA) is 144 Å². The number of carbonyl (C=O) groups is 4. The van der Waals surface area contributed by atoms with Gasteiger partial charge < -0.3 is 29.6 Å². The van der Waals surface area contributed by atoms with E-state index >= 15 is 0 Å². The molecule has 238 valence electrons. The number of para-hydroxylation sites is 3. The van der Waals surface area contributed by atoms with Crippen molar-refractivity contribution in [1.29, 1.82) is 0 Å². The summed E-state index contributed by atoms with van der Waals surface area (Å²) in [6.07, 6.45) is 0.706. The van der Waals surface area contributed by atoms with Crippen LogP contribution in [0.1, 0.15) is 45.9 Å². The number of amides is 4. The molecule has 6 aromatic rings. The highest BCUT2D eigenvalue weighted by Gasteiger charge is 2.65. The fraction of sp³-hybridized carbons (Fsp3) is 0.189. The molecule has 4 aromatic carbocycles. The molecule has 3 aliphatic heterocycles. The molecule has 3 aliphatic rings. The van der Waals surface area contributed by atoms with Crippen molar-refractivity contribution < 1.29 is 29.0 Å². The van der Waals surface area contributed by atoms with E-state index < -0.39 is 35.3 Å². The number of benzene rings is 4. The Morgan fingerprint density at radius 1 is 0.958 bits per heavy atom. The van der Waals surface area contributed by atoms with Gasteiger partial charge in [-0.15, -0.1) is 0 Å². The number of imide groups is 1. The number of aliphatic hydroxyl groups is 1. The number of nitrogens with one attached hydrogen (secondary N) is 3. The van der Waals surface area contributed by atoms with E-state index in [4.69, 9.17) is 4.74 Å². The minimum Gasteiger partial charge on any atom is -0.376 e. The first-order valence-electron chi connectivity index (χ1n) is 15.8. The molecular weight excluding hydrogens is 610 g/mol. The van der Waals surface area contributed by atoms with Gasteiger partial charge in [0, 0.05) is 40.2 Å². The molecule has 48 heavy (non-hydrogen) atoms. The molecule has 9 rings (SSSR count). The van der Waals surface area contributed by atoms with Crippen LogP contribution in [0.25, 0.3) is 43.6 Å². The number of fused-ring (bicyclic) bond motifs is 13. The lowest BCUT2D eigenvalue weighted by atomic mass is 9.87. The Morgan fingerprint density at radius 2 is 1.58 bits per heavy atom. The van der Waals surface area contributed by atoms with E-state index in [1.165, 1.54) is 6.08 Å². The lowest BCUT2D eigenvalue weighted by Gasteiger charge is -2.38. The van der Waals surface area contributed by atoms with E-state index in [2.05, 4.69) is 22.5 Å². The first-order valence-corrected chi connectivity index (χ1v) is 15.8. The van der Waals surface area contributed by atoms with Gasteiger partial charge in [0.15, 0.2) is 11.3 Å². The summed E-state index contributed by atoms with van der Waals surface area (Å²) < 4.78 is 10.7. The second kappa shape index (κ2) is 9.63. The minimum absolute atomic E-state index is 0.0786. The van der Waals surface area contributed by atoms with Gasteiger partial charge in [0.1, 0.15) is 6.23 Å². The number of hydrogen-bond acceptors (Lipinski definition) is 6. The molecule has 2 bridgehead atoms. The Hall–Kier alpha value is -5.78. The van der Waals surface area contributed by atoms with Crippen molar-refractivity contribution >= 4 is 72.9 Å². The van der Waals surface area contributed by atoms with Crippen LogP contribution in [-0.2, 0) is 26.5 Å². The zero-order valence-corrected chi connectivity index (χ0v) is 25.8. The quantitative estimate of drug-likeness (QED) is 0.155. The molecule has 4 N–H and O–H groups in total. The van der Waals surface area contributed by atoms with Crippen LogP contribution in [0.4, 0.5) is 5.69 Å². The van der Waals surface area contributed by atoms with Crippen LogP contribution in [0.15, 0.2) is 85.5 Å². The monoisotopic (exact) mass is 639 g/mol. The smallest absolute Gasteiger partial charge is 0.259 e. The Bertz CT molecular complexity index is 2490. The second-order valence-electron chi connectivity index (χ2n) is 12.7. The Labute approximate surface area is 272 Å². The predicted molar refractivity (Wildman–Crippen MR) is 180 cm³/mol. The highest BCUT2D eigenvalue weighted by atomic mass is 16.6. The Morgan fingerprint density at radius 3 is 2.31 bits per heavy atom. The second-order valence-corrected chi connectivity index (χ2v) is 12.7. The number of aromatic nitrogens is 2. The molecule has 0 radical (unpaired) electrons. The summed E-state index contributed by atoms with van der Waals surface area (Å²) in [5, 5.41) is 23.6. The maximum absolute atomic E-state index is 14.3. The molecule has 1 unspecified atom stereocenters. The van der Waals surface area contributed by atoms with Crippen LogP contribution >= 0.6 is 0 Å². The van der Waals surface area contributed by atoms with Crippen molar-refractivity contribution in [3.8, 4) is 0 Å². The van der Waals surface area contributed by atoms with Crippen LogP contribution in [0, 0.1) is 0 Å². The van der Waals surface area contributed by atoms with Crippen molar-refractivity contribution in [3.63, 3.8) is 0 Å². The third-order valence-corrected chi connectivity index (χ3v) is 10.3. The zero-order valence-electron chi connectivity index (χ0n) is 25.8. The van der Waals surface area contributed by atoms with Crippen LogP contribution in [0.2, 0.25) is 0 Å². The fourth-order valence-corrected chi connectivity index (χ4v) is 8.17. The number of nitrogens with zero attached hydrogens (tertiary/aromatic N) is 2. The van der Waals surface area contributed by atoms with Gasteiger partial charge in [0.05, 0.1) is 33.2 Å². The van der Waals surface area contributed by atoms with Gasteiger partial charge in [0.25, 0.3) is 17.7 Å². The number of hydrogen-bond donors (Lipinski definition) is 4. The highest BCUT2D eigenvalue weighted by molar-refractivity contribution is 6.39. The van der Waals surface area contributed by atoms with Crippen molar-refractivity contribution in [1.82, 2.24) is 19.8 Å². The largest absolute Gasteiger partial charge is 0.376 e. The summed E-state index contributed by atoms with van der Waals surface area (Å²) in [6.45, 7) is 5.39. The van der Waals surface area contributed by atoms with Crippen LogP contribution in [-0.4, -0.2) is 50.0 Å². The number of rotatable bonds is 6. The standard InChI is InChI=1S/C37H29N5O6/c1-3-25(43)39-22-13-7-4-10-19(22)16-17-38-35(46)37(47)18-26-41-23-14-8-5-11-20(23)27-29-30(34(45)40-33(29)44)28-21-12-6-9-15-24(21)42(32(28)31(27)41)36(37,2)48-26/h3-15,26,47H,1,16-18H2,2H3,(H,38,46)(H,39,43)(H,40,44,45)/t26?,36-,37-/m0/s1. The van der Waals surface area contributed by atoms with Gasteiger partial charge in [-0.25, -0.2) is 0 Å². The molecule has 11 heteroatoms. The lowest BCUT2D eigenvalue weighted by Crippen LogP contribution is -2.59. The first kappa shape index (κ1) is 28.4. The van der Waals surface area contributed by atoms with Gasteiger partial charge in [-0.2, -0.15) is 0 Å². The van der Waals surface area contributed by atoms with Crippen LogP contribution in [0.5, 0.6) is 0 Å². The molecule has 3 atom stereocenters. The van der Waals surface area contributed by atoms with Crippen LogP contribution < -0.4 is 16.0 Å². The van der Waals surface area contributed by atoms with Gasteiger partial charge in [-0.1, -0.05) is 61.2 Å². The predicted octanol–water partition coefficient (Wildman–Crippen LogP) is 4.61. The third-order valence-electron chi connectivity index (χ3n) is 10.3. The summed E-state index contributed by atoms with van der Waals surface area (Å²) in [6, 6.07) is 22.3. The zero-order chi connectivity index (χ0) is 33.1. The molecule has 11 nitrogen and oxygen atoms in total. The summed E-state index contributed by atoms with van der Waals surface area (Å²) >= 11 is 0. The molecule has 0 spiro atoms. The van der Waals surface area contributed by atoms with E-state index in [-0.39, 0.29) is 24.4 Å². The fourth-order valence-electron chi connectivity index (χ4n) is 8.17. The molecule has 2 aromatic heterocycles. The van der Waals surface area contributed by atoms with E-state index in [0.717, 1.165) is 16.5 Å². The summed E-state index contributed by atoms with van der Waals surface area (Å²) in [5.41, 5.74) is 1.04. The van der Waals surface area contributed by atoms with Crippen molar-refractivity contribution in [2.24, 2.45) is 0 Å².